The first-order valence-electron chi connectivity index (χ1n) is 9.80. The van der Waals surface area contributed by atoms with Crippen LogP contribution in [0, 0.1) is 12.8 Å². The molecule has 0 saturated carbocycles. The molecule has 4 heteroatoms. The number of hydrogen-bond acceptors (Lipinski definition) is 3. The van der Waals surface area contributed by atoms with Gasteiger partial charge in [-0.2, -0.15) is 0 Å². The molecule has 3 aliphatic heterocycles. The molecule has 3 fully saturated rings. The highest BCUT2D eigenvalue weighted by molar-refractivity contribution is 7.21. The predicted molar refractivity (Wildman–Crippen MR) is 112 cm³/mol. The number of nitrogens with zero attached hydrogens (tertiary/aromatic N) is 1. The monoisotopic (exact) mass is 376 g/mol. The second kappa shape index (κ2) is 6.77. The fourth-order valence-electron chi connectivity index (χ4n) is 4.58. The second-order valence-corrected chi connectivity index (χ2v) is 8.97. The third-order valence-electron chi connectivity index (χ3n) is 6.07. The first-order valence-corrected chi connectivity index (χ1v) is 10.6. The molecule has 2 bridgehead atoms. The van der Waals surface area contributed by atoms with Crippen LogP contribution in [0.25, 0.3) is 21.2 Å². The van der Waals surface area contributed by atoms with Gasteiger partial charge in [-0.1, -0.05) is 48.0 Å². The Morgan fingerprint density at radius 1 is 1.11 bits per heavy atom. The molecule has 0 spiro atoms. The third kappa shape index (κ3) is 3.17. The number of carbonyl (C=O) groups is 1. The number of amides is 1. The number of nitrogens with one attached hydrogen (secondary N) is 1. The number of benzene rings is 2. The molecule has 3 aromatic rings. The Morgan fingerprint density at radius 3 is 2.67 bits per heavy atom. The number of carbonyl (C=O) groups excluding carboxylic acids is 1. The normalized spacial score (nSPS) is 24.3. The molecule has 0 unspecified atom stereocenters. The van der Waals surface area contributed by atoms with Crippen molar-refractivity contribution >= 4 is 27.3 Å². The summed E-state index contributed by atoms with van der Waals surface area (Å²) in [4.78, 5) is 16.2. The van der Waals surface area contributed by atoms with Gasteiger partial charge >= 0.3 is 0 Å². The van der Waals surface area contributed by atoms with E-state index in [2.05, 4.69) is 65.7 Å². The van der Waals surface area contributed by atoms with Gasteiger partial charge in [0.15, 0.2) is 0 Å². The standard InChI is InChI=1S/C23H24N2OS/c1-15-4-2-5-17(12-15)19-7-3-6-18-13-21(27-22(18)19)23(26)24-20-14-25-10-8-16(20)9-11-25/h2-7,12-13,16,20H,8-11,14H2,1H3,(H,24,26)/t20-/m0/s1. The SMILES string of the molecule is Cc1cccc(-c2cccc3cc(C(=O)N[C@H]4CN5CCC4CC5)sc23)c1. The van der Waals surface area contributed by atoms with Gasteiger partial charge < -0.3 is 10.2 Å². The number of rotatable bonds is 3. The quantitative estimate of drug-likeness (QED) is 0.718. The van der Waals surface area contributed by atoms with Crippen LogP contribution in [0.5, 0.6) is 0 Å². The average Bonchev–Trinajstić information content (AvgIpc) is 3.13. The van der Waals surface area contributed by atoms with E-state index in [1.807, 2.05) is 0 Å². The molecule has 0 radical (unpaired) electrons. The maximum absolute atomic E-state index is 12.9. The van der Waals surface area contributed by atoms with Crippen molar-refractivity contribution < 1.29 is 4.79 Å². The first kappa shape index (κ1) is 17.0. The lowest BCUT2D eigenvalue weighted by Crippen LogP contribution is -2.57. The van der Waals surface area contributed by atoms with Gasteiger partial charge in [0.05, 0.1) is 4.88 Å². The molecule has 6 rings (SSSR count). The minimum Gasteiger partial charge on any atom is -0.347 e. The van der Waals surface area contributed by atoms with Gasteiger partial charge in [-0.3, -0.25) is 4.79 Å². The fraction of sp³-hybridized carbons (Fsp3) is 0.348. The molecule has 0 aliphatic carbocycles. The van der Waals surface area contributed by atoms with Crippen molar-refractivity contribution in [3.05, 3.63) is 59.0 Å². The highest BCUT2D eigenvalue weighted by atomic mass is 32.1. The summed E-state index contributed by atoms with van der Waals surface area (Å²) in [5, 5.41) is 4.48. The molecule has 1 aromatic heterocycles. The topological polar surface area (TPSA) is 32.3 Å². The Labute approximate surface area is 164 Å². The molecule has 2 aromatic carbocycles. The van der Waals surface area contributed by atoms with E-state index in [1.165, 1.54) is 47.3 Å². The van der Waals surface area contributed by atoms with Crippen LogP contribution in [0.2, 0.25) is 0 Å². The van der Waals surface area contributed by atoms with Gasteiger partial charge in [-0.25, -0.2) is 0 Å². The van der Waals surface area contributed by atoms with Gasteiger partial charge in [-0.15, -0.1) is 11.3 Å². The molecule has 1 atom stereocenters. The first-order chi connectivity index (χ1) is 13.2. The van der Waals surface area contributed by atoms with E-state index in [-0.39, 0.29) is 5.91 Å². The predicted octanol–water partition coefficient (Wildman–Crippen LogP) is 4.70. The van der Waals surface area contributed by atoms with E-state index < -0.39 is 0 Å². The molecule has 3 aliphatic rings. The number of aryl methyl sites for hydroxylation is 1. The van der Waals surface area contributed by atoms with Gasteiger partial charge in [-0.05, 0) is 61.4 Å². The molecule has 1 amide bonds. The Hall–Kier alpha value is -2.17. The van der Waals surface area contributed by atoms with E-state index in [4.69, 9.17) is 0 Å². The summed E-state index contributed by atoms with van der Waals surface area (Å²) in [7, 11) is 0. The lowest BCUT2D eigenvalue weighted by molar-refractivity contribution is 0.0622. The smallest absolute Gasteiger partial charge is 0.261 e. The molecule has 138 valence electrons. The maximum Gasteiger partial charge on any atom is 0.261 e. The average molecular weight is 377 g/mol. The van der Waals surface area contributed by atoms with E-state index in [9.17, 15) is 4.79 Å². The second-order valence-electron chi connectivity index (χ2n) is 7.92. The van der Waals surface area contributed by atoms with Crippen LogP contribution in [-0.4, -0.2) is 36.5 Å². The van der Waals surface area contributed by atoms with Crippen LogP contribution >= 0.6 is 11.3 Å². The summed E-state index contributed by atoms with van der Waals surface area (Å²) < 4.78 is 1.20. The Balaban J connectivity index is 1.44. The zero-order chi connectivity index (χ0) is 18.4. The van der Waals surface area contributed by atoms with Gasteiger partial charge in [0, 0.05) is 17.3 Å². The van der Waals surface area contributed by atoms with Crippen LogP contribution in [-0.2, 0) is 0 Å². The zero-order valence-electron chi connectivity index (χ0n) is 15.6. The van der Waals surface area contributed by atoms with Crippen molar-refractivity contribution in [2.24, 2.45) is 5.92 Å². The van der Waals surface area contributed by atoms with Crippen molar-refractivity contribution in [2.45, 2.75) is 25.8 Å². The Morgan fingerprint density at radius 2 is 1.93 bits per heavy atom. The zero-order valence-corrected chi connectivity index (χ0v) is 16.4. The largest absolute Gasteiger partial charge is 0.347 e. The lowest BCUT2D eigenvalue weighted by Gasteiger charge is -2.44. The highest BCUT2D eigenvalue weighted by Gasteiger charge is 2.35. The Bertz CT molecular complexity index is 1000. The molecule has 27 heavy (non-hydrogen) atoms. The van der Waals surface area contributed by atoms with Gasteiger partial charge in [0.2, 0.25) is 0 Å². The lowest BCUT2D eigenvalue weighted by atomic mass is 9.84. The molecule has 3 saturated heterocycles. The van der Waals surface area contributed by atoms with E-state index >= 15 is 0 Å². The van der Waals surface area contributed by atoms with Crippen molar-refractivity contribution in [2.75, 3.05) is 19.6 Å². The summed E-state index contributed by atoms with van der Waals surface area (Å²) in [6.45, 7) is 5.51. The van der Waals surface area contributed by atoms with Crippen LogP contribution in [0.4, 0.5) is 0 Å². The van der Waals surface area contributed by atoms with E-state index in [1.54, 1.807) is 11.3 Å². The van der Waals surface area contributed by atoms with Crippen LogP contribution < -0.4 is 5.32 Å². The number of hydrogen-bond donors (Lipinski definition) is 1. The third-order valence-corrected chi connectivity index (χ3v) is 7.25. The fourth-order valence-corrected chi connectivity index (χ4v) is 5.68. The minimum absolute atomic E-state index is 0.0881. The summed E-state index contributed by atoms with van der Waals surface area (Å²) >= 11 is 1.62. The van der Waals surface area contributed by atoms with Crippen molar-refractivity contribution in [1.82, 2.24) is 10.2 Å². The Kier molecular flexibility index (Phi) is 4.25. The number of piperidine rings is 3. The van der Waals surface area contributed by atoms with Gasteiger partial charge in [0.25, 0.3) is 5.91 Å². The van der Waals surface area contributed by atoms with Crippen LogP contribution in [0.15, 0.2) is 48.5 Å². The van der Waals surface area contributed by atoms with Crippen molar-refractivity contribution in [3.63, 3.8) is 0 Å². The van der Waals surface area contributed by atoms with E-state index in [0.717, 1.165) is 16.8 Å². The molecule has 4 heterocycles. The highest BCUT2D eigenvalue weighted by Crippen LogP contribution is 2.35. The molecular weight excluding hydrogens is 352 g/mol. The van der Waals surface area contributed by atoms with Crippen molar-refractivity contribution in [1.29, 1.82) is 0 Å². The summed E-state index contributed by atoms with van der Waals surface area (Å²) in [5.41, 5.74) is 3.68. The summed E-state index contributed by atoms with van der Waals surface area (Å²) in [6.07, 6.45) is 2.43. The number of thiophene rings is 1. The number of fused-ring (bicyclic) bond motifs is 4. The van der Waals surface area contributed by atoms with E-state index in [0.29, 0.717) is 12.0 Å². The van der Waals surface area contributed by atoms with Crippen LogP contribution in [0.1, 0.15) is 28.1 Å². The molecular formula is C23H24N2OS. The van der Waals surface area contributed by atoms with Crippen LogP contribution in [0.3, 0.4) is 0 Å². The maximum atomic E-state index is 12.9. The summed E-state index contributed by atoms with van der Waals surface area (Å²) in [6, 6.07) is 17.3. The summed E-state index contributed by atoms with van der Waals surface area (Å²) in [5.74, 6) is 0.737. The minimum atomic E-state index is 0.0881. The van der Waals surface area contributed by atoms with Crippen molar-refractivity contribution in [3.8, 4) is 11.1 Å². The molecule has 1 N–H and O–H groups in total. The molecule has 3 nitrogen and oxygen atoms in total. The van der Waals surface area contributed by atoms with Gasteiger partial charge in [0.1, 0.15) is 0 Å².